The average molecular weight is 384 g/mol. The highest BCUT2D eigenvalue weighted by molar-refractivity contribution is 6.14. The molecule has 0 aliphatic carbocycles. The Balaban J connectivity index is 1.85. The van der Waals surface area contributed by atoms with Crippen LogP contribution in [-0.2, 0) is 9.53 Å². The second-order valence-electron chi connectivity index (χ2n) is 6.00. The first-order chi connectivity index (χ1) is 13.5. The van der Waals surface area contributed by atoms with Crippen molar-refractivity contribution in [2.24, 2.45) is 0 Å². The molecule has 1 unspecified atom stereocenters. The smallest absolute Gasteiger partial charge is 0.346 e. The summed E-state index contributed by atoms with van der Waals surface area (Å²) in [4.78, 5) is 24.1. The molecule has 0 bridgehead atoms. The summed E-state index contributed by atoms with van der Waals surface area (Å²) in [6.07, 6.45) is 0.831. The Hall–Kier alpha value is -3.48. The number of carbonyl (C=O) groups excluding carboxylic acids is 2. The van der Waals surface area contributed by atoms with E-state index in [9.17, 15) is 9.59 Å². The zero-order valence-electron chi connectivity index (χ0n) is 16.0. The average Bonchev–Trinajstić information content (AvgIpc) is 3.02. The Morgan fingerprint density at radius 1 is 1.04 bits per heavy atom. The minimum Gasteiger partial charge on any atom is -0.497 e. The lowest BCUT2D eigenvalue weighted by atomic mass is 10.1. The van der Waals surface area contributed by atoms with Gasteiger partial charge in [-0.3, -0.25) is 4.79 Å². The third kappa shape index (κ3) is 3.78. The number of ketones is 1. The molecule has 3 rings (SSSR count). The van der Waals surface area contributed by atoms with Gasteiger partial charge in [-0.05, 0) is 42.8 Å². The van der Waals surface area contributed by atoms with Crippen LogP contribution in [0.15, 0.2) is 42.2 Å². The molecule has 1 aliphatic heterocycles. The number of benzene rings is 2. The number of allylic oxidation sites excluding steroid dienone is 1. The van der Waals surface area contributed by atoms with Crippen molar-refractivity contribution in [2.75, 3.05) is 21.3 Å². The fourth-order valence-corrected chi connectivity index (χ4v) is 2.72. The second kappa shape index (κ2) is 8.04. The molecule has 0 radical (unpaired) electrons. The summed E-state index contributed by atoms with van der Waals surface area (Å²) in [5.74, 6) is 1.35. The van der Waals surface area contributed by atoms with Crippen LogP contribution in [-0.4, -0.2) is 39.2 Å². The zero-order chi connectivity index (χ0) is 20.3. The molecule has 0 aromatic heterocycles. The van der Waals surface area contributed by atoms with Crippen LogP contribution in [0.3, 0.4) is 0 Å². The number of methoxy groups -OCH3 is 3. The lowest BCUT2D eigenvalue weighted by molar-refractivity contribution is -0.147. The quantitative estimate of drug-likeness (QED) is 0.559. The Morgan fingerprint density at radius 3 is 2.50 bits per heavy atom. The Bertz CT molecular complexity index is 946. The molecule has 0 fully saturated rings. The highest BCUT2D eigenvalue weighted by Gasteiger charge is 2.28. The highest BCUT2D eigenvalue weighted by atomic mass is 16.6. The molecule has 0 saturated heterocycles. The molecule has 1 aliphatic rings. The monoisotopic (exact) mass is 384 g/mol. The van der Waals surface area contributed by atoms with Gasteiger partial charge >= 0.3 is 5.97 Å². The number of esters is 1. The van der Waals surface area contributed by atoms with Crippen LogP contribution in [0.1, 0.15) is 22.8 Å². The molecule has 1 atom stereocenters. The molecule has 2 aromatic rings. The van der Waals surface area contributed by atoms with Gasteiger partial charge in [0.05, 0.1) is 26.9 Å². The van der Waals surface area contributed by atoms with Gasteiger partial charge in [-0.15, -0.1) is 0 Å². The Labute approximate surface area is 162 Å². The van der Waals surface area contributed by atoms with Crippen LogP contribution < -0.4 is 18.9 Å². The highest BCUT2D eigenvalue weighted by Crippen LogP contribution is 2.36. The van der Waals surface area contributed by atoms with E-state index in [1.54, 1.807) is 56.5 Å². The first-order valence-corrected chi connectivity index (χ1v) is 8.51. The maximum absolute atomic E-state index is 12.5. The van der Waals surface area contributed by atoms with Crippen LogP contribution in [0.5, 0.6) is 23.0 Å². The van der Waals surface area contributed by atoms with Crippen LogP contribution >= 0.6 is 0 Å². The summed E-state index contributed by atoms with van der Waals surface area (Å²) in [6.45, 7) is 1.58. The lowest BCUT2D eigenvalue weighted by Gasteiger charge is -2.15. The topological polar surface area (TPSA) is 80.3 Å². The molecule has 0 spiro atoms. The summed E-state index contributed by atoms with van der Waals surface area (Å²) in [5.41, 5.74) is 1.16. The van der Waals surface area contributed by atoms with Gasteiger partial charge in [0.15, 0.2) is 23.4 Å². The second-order valence-corrected chi connectivity index (χ2v) is 6.00. The summed E-state index contributed by atoms with van der Waals surface area (Å²) in [6, 6.07) is 10.1. The SMILES string of the molecule is COC(=O)C(C)Oc1ccc(C=C2Oc3cc(OC)ccc3C2=O)cc1OC. The van der Waals surface area contributed by atoms with Gasteiger partial charge in [0.25, 0.3) is 0 Å². The molecule has 7 nitrogen and oxygen atoms in total. The first-order valence-electron chi connectivity index (χ1n) is 8.51. The summed E-state index contributed by atoms with van der Waals surface area (Å²) in [7, 11) is 4.33. The standard InChI is InChI=1S/C21H20O7/c1-12(21(23)26-4)27-16-8-5-13(9-18(16)25-3)10-19-20(22)15-7-6-14(24-2)11-17(15)28-19/h5-12H,1-4H3. The van der Waals surface area contributed by atoms with Crippen molar-refractivity contribution in [3.05, 3.63) is 53.3 Å². The third-order valence-corrected chi connectivity index (χ3v) is 4.20. The number of rotatable bonds is 6. The predicted octanol–water partition coefficient (Wildman–Crippen LogP) is 3.26. The fraction of sp³-hybridized carbons (Fsp3) is 0.238. The molecule has 0 saturated carbocycles. The van der Waals surface area contributed by atoms with Crippen LogP contribution in [0.25, 0.3) is 6.08 Å². The minimum atomic E-state index is -0.785. The first kappa shape index (κ1) is 19.3. The number of carbonyl (C=O) groups is 2. The number of hydrogen-bond donors (Lipinski definition) is 0. The molecule has 7 heteroatoms. The molecule has 146 valence electrons. The number of Topliss-reactive ketones (excluding diaryl/α,β-unsaturated/α-hetero) is 1. The van der Waals surface area contributed by atoms with Crippen molar-refractivity contribution in [1.29, 1.82) is 0 Å². The van der Waals surface area contributed by atoms with Crippen LogP contribution in [0.2, 0.25) is 0 Å². The Kier molecular flexibility index (Phi) is 5.54. The molecule has 0 amide bonds. The van der Waals surface area contributed by atoms with E-state index in [1.807, 2.05) is 0 Å². The van der Waals surface area contributed by atoms with Gasteiger partial charge in [0.1, 0.15) is 11.5 Å². The van der Waals surface area contributed by atoms with Crippen molar-refractivity contribution < 1.29 is 33.3 Å². The van der Waals surface area contributed by atoms with Crippen LogP contribution in [0.4, 0.5) is 0 Å². The molecular weight excluding hydrogens is 364 g/mol. The molecule has 1 heterocycles. The maximum atomic E-state index is 12.5. The number of ether oxygens (including phenoxy) is 5. The minimum absolute atomic E-state index is 0.196. The van der Waals surface area contributed by atoms with Gasteiger partial charge < -0.3 is 23.7 Å². The van der Waals surface area contributed by atoms with Crippen molar-refractivity contribution in [3.8, 4) is 23.0 Å². The van der Waals surface area contributed by atoms with E-state index in [1.165, 1.54) is 14.2 Å². The van der Waals surface area contributed by atoms with Crippen molar-refractivity contribution >= 4 is 17.8 Å². The van der Waals surface area contributed by atoms with Gasteiger partial charge in [0, 0.05) is 6.07 Å². The predicted molar refractivity (Wildman–Crippen MR) is 101 cm³/mol. The van der Waals surface area contributed by atoms with Crippen LogP contribution in [0, 0.1) is 0 Å². The molecular formula is C21H20O7. The van der Waals surface area contributed by atoms with Gasteiger partial charge in [-0.1, -0.05) is 6.07 Å². The fourth-order valence-electron chi connectivity index (χ4n) is 2.72. The summed E-state index contributed by atoms with van der Waals surface area (Å²) >= 11 is 0. The summed E-state index contributed by atoms with van der Waals surface area (Å²) < 4.78 is 26.4. The van der Waals surface area contributed by atoms with E-state index >= 15 is 0 Å². The van der Waals surface area contributed by atoms with Crippen molar-refractivity contribution in [3.63, 3.8) is 0 Å². The van der Waals surface area contributed by atoms with Gasteiger partial charge in [-0.25, -0.2) is 4.79 Å². The maximum Gasteiger partial charge on any atom is 0.346 e. The van der Waals surface area contributed by atoms with Crippen molar-refractivity contribution in [2.45, 2.75) is 13.0 Å². The van der Waals surface area contributed by atoms with E-state index in [2.05, 4.69) is 4.74 Å². The molecule has 0 N–H and O–H groups in total. The molecule has 28 heavy (non-hydrogen) atoms. The van der Waals surface area contributed by atoms with E-state index in [4.69, 9.17) is 18.9 Å². The molecule has 2 aromatic carbocycles. The van der Waals surface area contributed by atoms with E-state index < -0.39 is 12.1 Å². The van der Waals surface area contributed by atoms with Gasteiger partial charge in [0.2, 0.25) is 5.78 Å². The zero-order valence-corrected chi connectivity index (χ0v) is 16.0. The Morgan fingerprint density at radius 2 is 1.82 bits per heavy atom. The normalized spacial score (nSPS) is 14.9. The van der Waals surface area contributed by atoms with Gasteiger partial charge in [-0.2, -0.15) is 0 Å². The van der Waals surface area contributed by atoms with E-state index in [-0.39, 0.29) is 11.5 Å². The van der Waals surface area contributed by atoms with Crippen molar-refractivity contribution in [1.82, 2.24) is 0 Å². The number of fused-ring (bicyclic) bond motifs is 1. The van der Waals surface area contributed by atoms with E-state index in [0.717, 1.165) is 0 Å². The largest absolute Gasteiger partial charge is 0.497 e. The third-order valence-electron chi connectivity index (χ3n) is 4.20. The van der Waals surface area contributed by atoms with E-state index in [0.29, 0.717) is 34.1 Å². The lowest BCUT2D eigenvalue weighted by Crippen LogP contribution is -2.25. The number of hydrogen-bond acceptors (Lipinski definition) is 7. The summed E-state index contributed by atoms with van der Waals surface area (Å²) in [5, 5.41) is 0.